The number of hydrogen-bond donors (Lipinski definition) is 1. The van der Waals surface area contributed by atoms with Crippen LogP contribution in [0.15, 0.2) is 18.5 Å². The van der Waals surface area contributed by atoms with E-state index in [1.807, 2.05) is 24.8 Å². The number of ether oxygens (including phenoxy) is 2. The number of carbonyl (C=O) groups excluding carboxylic acids is 1. The highest BCUT2D eigenvalue weighted by Gasteiger charge is 2.50. The zero-order valence-corrected chi connectivity index (χ0v) is 29.9. The number of likely N-dealkylation sites (tertiary alicyclic amines) is 1. The molecule has 0 unspecified atom stereocenters. The van der Waals surface area contributed by atoms with Crippen molar-refractivity contribution in [2.45, 2.75) is 69.4 Å². The lowest BCUT2D eigenvalue weighted by molar-refractivity contribution is 0.107. The van der Waals surface area contributed by atoms with Gasteiger partial charge in [-0.2, -0.15) is 29.3 Å². The van der Waals surface area contributed by atoms with Crippen LogP contribution in [0.4, 0.5) is 33.2 Å². The second kappa shape index (κ2) is 12.6. The fraction of sp³-hybridized carbons (Fsp3) is 0.457. The molecule has 14 nitrogen and oxygen atoms in total. The number of alkyl halides is 1. The molecule has 19 heteroatoms. The lowest BCUT2D eigenvalue weighted by Gasteiger charge is -2.35. The quantitative estimate of drug-likeness (QED) is 0.238. The number of hydrogen-bond acceptors (Lipinski definition) is 13. The van der Waals surface area contributed by atoms with Crippen LogP contribution >= 0.6 is 11.3 Å². The maximum Gasteiger partial charge on any atom is 0.346 e. The molecule has 0 bridgehead atoms. The number of nitrogens with two attached hydrogens (primary N) is 1. The Hall–Kier alpha value is -5.35. The Balaban J connectivity index is 1.20. The minimum absolute atomic E-state index is 0.00409. The van der Waals surface area contributed by atoms with Gasteiger partial charge in [0.15, 0.2) is 5.82 Å². The summed E-state index contributed by atoms with van der Waals surface area (Å²) in [6, 6.07) is 2.96. The number of nitrogen functional groups attached to an aromatic ring is 1. The largest absolute Gasteiger partial charge is 0.472 e. The number of benzene rings is 1. The predicted octanol–water partition coefficient (Wildman–Crippen LogP) is 5.04. The SMILES string of the molecule is C[C@@H]1[C@H](N2C[C@H](C)Oc3nc(-c4ccc(F)c5sc(N)c(C#N)c45)c(F)c4nc(OC[C@@]56CCCN5C[C@H](F)C6)nc2c34)CCN1C(=O)n1cnc(F)n1. The first-order valence-corrected chi connectivity index (χ1v) is 18.4. The molecule has 1 amide bonds. The highest BCUT2D eigenvalue weighted by atomic mass is 32.1. The maximum atomic E-state index is 17.3. The summed E-state index contributed by atoms with van der Waals surface area (Å²) in [4.78, 5) is 36.5. The van der Waals surface area contributed by atoms with E-state index in [0.717, 1.165) is 47.8 Å². The summed E-state index contributed by atoms with van der Waals surface area (Å²) in [5.41, 5.74) is 5.23. The summed E-state index contributed by atoms with van der Waals surface area (Å²) in [7, 11) is 0. The normalized spacial score (nSPS) is 25.3. The summed E-state index contributed by atoms with van der Waals surface area (Å²) in [6.07, 6.45) is 0.796. The summed E-state index contributed by atoms with van der Waals surface area (Å²) < 4.78 is 74.2. The van der Waals surface area contributed by atoms with E-state index >= 15 is 8.78 Å². The number of halogens is 4. The number of nitrogens with zero attached hydrogens (tertiary/aromatic N) is 10. The summed E-state index contributed by atoms with van der Waals surface area (Å²) in [5, 5.41) is 13.8. The van der Waals surface area contributed by atoms with E-state index in [1.54, 1.807) is 4.90 Å². The van der Waals surface area contributed by atoms with Gasteiger partial charge in [0.05, 0.1) is 34.4 Å². The number of amides is 1. The smallest absolute Gasteiger partial charge is 0.346 e. The van der Waals surface area contributed by atoms with Crippen molar-refractivity contribution in [3.05, 3.63) is 41.7 Å². The minimum atomic E-state index is -1.03. The van der Waals surface area contributed by atoms with Crippen molar-refractivity contribution in [2.24, 2.45) is 0 Å². The molecule has 0 aliphatic carbocycles. The standard InChI is InChI=1S/C35H33F4N11O3S/c1-16-12-49(22-6-9-48(17(22)2)34(51)50-15-42-32(39)46-50)30-24-27(44-33(45-30)52-14-35-7-3-8-47(35)13-18(36)10-35)25(38)26(43-31(24)53-16)19-4-5-21(37)28-23(19)20(11-40)29(41)54-28/h4-5,15-18,22H,3,6-10,12-14,41H2,1-2H3/t16-,17+,18+,22+,35-/m0/s1. The van der Waals surface area contributed by atoms with Gasteiger partial charge in [-0.3, -0.25) is 4.90 Å². The van der Waals surface area contributed by atoms with Gasteiger partial charge in [-0.1, -0.05) is 0 Å². The summed E-state index contributed by atoms with van der Waals surface area (Å²) in [6.45, 7) is 5.31. The molecule has 280 valence electrons. The van der Waals surface area contributed by atoms with E-state index < -0.39 is 47.6 Å². The molecule has 5 atom stereocenters. The van der Waals surface area contributed by atoms with Crippen molar-refractivity contribution < 1.29 is 31.8 Å². The monoisotopic (exact) mass is 763 g/mol. The van der Waals surface area contributed by atoms with E-state index in [9.17, 15) is 18.8 Å². The third kappa shape index (κ3) is 5.28. The van der Waals surface area contributed by atoms with Crippen molar-refractivity contribution in [2.75, 3.05) is 43.4 Å². The number of aromatic nitrogens is 6. The third-order valence-electron chi connectivity index (χ3n) is 11.2. The Morgan fingerprint density at radius 1 is 1.17 bits per heavy atom. The lowest BCUT2D eigenvalue weighted by Crippen LogP contribution is -2.49. The number of thiophene rings is 1. The zero-order valence-electron chi connectivity index (χ0n) is 29.1. The maximum absolute atomic E-state index is 17.3. The minimum Gasteiger partial charge on any atom is -0.472 e. The average Bonchev–Trinajstić information content (AvgIpc) is 3.95. The summed E-state index contributed by atoms with van der Waals surface area (Å²) in [5.74, 6) is -1.26. The van der Waals surface area contributed by atoms with Crippen LogP contribution in [0, 0.1) is 29.0 Å². The van der Waals surface area contributed by atoms with Crippen LogP contribution < -0.4 is 20.1 Å². The van der Waals surface area contributed by atoms with Gasteiger partial charge in [0.2, 0.25) is 5.88 Å². The molecule has 2 N–H and O–H groups in total. The van der Waals surface area contributed by atoms with Gasteiger partial charge in [0.25, 0.3) is 0 Å². The van der Waals surface area contributed by atoms with Gasteiger partial charge in [-0.25, -0.2) is 22.9 Å². The average molecular weight is 764 g/mol. The molecule has 1 aromatic carbocycles. The Morgan fingerprint density at radius 2 is 2.00 bits per heavy atom. The number of nitriles is 1. The first-order valence-electron chi connectivity index (χ1n) is 17.6. The van der Waals surface area contributed by atoms with Gasteiger partial charge < -0.3 is 25.0 Å². The fourth-order valence-corrected chi connectivity index (χ4v) is 9.69. The Labute approximate surface area is 309 Å². The van der Waals surface area contributed by atoms with Crippen LogP contribution in [0.25, 0.3) is 32.2 Å². The van der Waals surface area contributed by atoms with Gasteiger partial charge in [0.1, 0.15) is 64.5 Å². The van der Waals surface area contributed by atoms with E-state index in [-0.39, 0.29) is 79.7 Å². The number of carbonyl (C=O) groups is 1. The van der Waals surface area contributed by atoms with Crippen molar-refractivity contribution in [3.63, 3.8) is 0 Å². The number of fused-ring (bicyclic) bond motifs is 2. The van der Waals surface area contributed by atoms with Crippen LogP contribution in [-0.2, 0) is 0 Å². The zero-order chi connectivity index (χ0) is 37.6. The molecule has 5 aromatic rings. The molecule has 0 radical (unpaired) electrons. The second-order valence-electron chi connectivity index (χ2n) is 14.4. The van der Waals surface area contributed by atoms with Crippen LogP contribution in [-0.4, -0.2) is 108 Å². The van der Waals surface area contributed by atoms with Gasteiger partial charge in [-0.15, -0.1) is 16.4 Å². The van der Waals surface area contributed by atoms with Crippen molar-refractivity contribution in [1.29, 1.82) is 5.26 Å². The van der Waals surface area contributed by atoms with E-state index in [4.69, 9.17) is 20.2 Å². The molecular formula is C35H33F4N11O3S. The van der Waals surface area contributed by atoms with Crippen LogP contribution in [0.3, 0.4) is 0 Å². The van der Waals surface area contributed by atoms with E-state index in [2.05, 4.69) is 25.0 Å². The molecule has 4 aliphatic heterocycles. The van der Waals surface area contributed by atoms with Gasteiger partial charge >= 0.3 is 18.1 Å². The first kappa shape index (κ1) is 34.4. The fourth-order valence-electron chi connectivity index (χ4n) is 8.75. The molecular weight excluding hydrogens is 731 g/mol. The van der Waals surface area contributed by atoms with Gasteiger partial charge in [0, 0.05) is 30.5 Å². The molecule has 3 saturated heterocycles. The van der Waals surface area contributed by atoms with Crippen molar-refractivity contribution >= 4 is 49.2 Å². The molecule has 4 aliphatic rings. The second-order valence-corrected chi connectivity index (χ2v) is 15.4. The van der Waals surface area contributed by atoms with E-state index in [0.29, 0.717) is 25.9 Å². The molecule has 9 rings (SSSR count). The topological polar surface area (TPSA) is 164 Å². The van der Waals surface area contributed by atoms with Crippen LogP contribution in [0.5, 0.6) is 11.9 Å². The Morgan fingerprint density at radius 3 is 2.78 bits per heavy atom. The summed E-state index contributed by atoms with van der Waals surface area (Å²) >= 11 is 0.881. The molecule has 0 spiro atoms. The van der Waals surface area contributed by atoms with E-state index in [1.165, 1.54) is 6.07 Å². The lowest BCUT2D eigenvalue weighted by atomic mass is 9.95. The highest BCUT2D eigenvalue weighted by molar-refractivity contribution is 7.23. The van der Waals surface area contributed by atoms with Crippen molar-refractivity contribution in [3.8, 4) is 29.2 Å². The Bertz CT molecular complexity index is 2400. The highest BCUT2D eigenvalue weighted by Crippen LogP contribution is 2.46. The van der Waals surface area contributed by atoms with Crippen LogP contribution in [0.1, 0.15) is 45.1 Å². The van der Waals surface area contributed by atoms with Crippen LogP contribution in [0.2, 0.25) is 0 Å². The molecule has 0 saturated carbocycles. The molecule has 8 heterocycles. The molecule has 3 fully saturated rings. The molecule has 54 heavy (non-hydrogen) atoms. The number of anilines is 2. The van der Waals surface area contributed by atoms with Crippen molar-refractivity contribution in [1.82, 2.24) is 39.5 Å². The predicted molar refractivity (Wildman–Crippen MR) is 189 cm³/mol. The Kier molecular flexibility index (Phi) is 8.04. The van der Waals surface area contributed by atoms with Gasteiger partial charge in [-0.05, 0) is 51.8 Å². The number of rotatable bonds is 5. The third-order valence-corrected chi connectivity index (χ3v) is 12.2. The number of pyridine rings is 1. The molecule has 4 aromatic heterocycles. The first-order chi connectivity index (χ1) is 26.0.